The highest BCUT2D eigenvalue weighted by atomic mass is 16.2. The zero-order valence-corrected chi connectivity index (χ0v) is 13.0. The van der Waals surface area contributed by atoms with Gasteiger partial charge in [-0.25, -0.2) is 0 Å². The molecule has 1 atom stereocenters. The summed E-state index contributed by atoms with van der Waals surface area (Å²) >= 11 is 0. The van der Waals surface area contributed by atoms with Gasteiger partial charge in [0.2, 0.25) is 5.91 Å². The number of amides is 1. The normalized spacial score (nSPS) is 25.0. The van der Waals surface area contributed by atoms with Crippen molar-refractivity contribution in [2.45, 2.75) is 51.6 Å². The molecule has 3 rings (SSSR count). The van der Waals surface area contributed by atoms with E-state index in [0.29, 0.717) is 11.9 Å². The van der Waals surface area contributed by atoms with Gasteiger partial charge < -0.3 is 10.2 Å². The topological polar surface area (TPSA) is 32.3 Å². The fourth-order valence-electron chi connectivity index (χ4n) is 3.56. The van der Waals surface area contributed by atoms with Gasteiger partial charge in [-0.15, -0.1) is 0 Å². The molecule has 1 N–H and O–H groups in total. The van der Waals surface area contributed by atoms with Gasteiger partial charge >= 0.3 is 0 Å². The fraction of sp³-hybridized carbons (Fsp3) is 0.611. The number of hydrogen-bond donors (Lipinski definition) is 1. The summed E-state index contributed by atoms with van der Waals surface area (Å²) < 4.78 is 0. The van der Waals surface area contributed by atoms with Crippen LogP contribution in [-0.2, 0) is 11.3 Å². The smallest absolute Gasteiger partial charge is 0.230 e. The molecule has 1 aliphatic carbocycles. The lowest BCUT2D eigenvalue weighted by Gasteiger charge is -2.34. The van der Waals surface area contributed by atoms with Crippen LogP contribution in [0, 0.1) is 5.41 Å². The molecule has 0 aromatic heterocycles. The maximum atomic E-state index is 13.2. The second-order valence-electron chi connectivity index (χ2n) is 6.61. The van der Waals surface area contributed by atoms with Crippen molar-refractivity contribution in [3.63, 3.8) is 0 Å². The number of carbonyl (C=O) groups is 1. The predicted octanol–water partition coefficient (Wildman–Crippen LogP) is 2.96. The number of nitrogens with zero attached hydrogens (tertiary/aromatic N) is 1. The van der Waals surface area contributed by atoms with E-state index in [2.05, 4.69) is 41.4 Å². The Bertz CT molecular complexity index is 475. The van der Waals surface area contributed by atoms with Crippen molar-refractivity contribution < 1.29 is 4.79 Å². The van der Waals surface area contributed by atoms with Gasteiger partial charge in [-0.1, -0.05) is 43.7 Å². The van der Waals surface area contributed by atoms with Crippen molar-refractivity contribution in [1.29, 1.82) is 0 Å². The molecule has 0 bridgehead atoms. The maximum absolute atomic E-state index is 13.2. The summed E-state index contributed by atoms with van der Waals surface area (Å²) in [4.78, 5) is 15.4. The minimum atomic E-state index is -0.147. The number of hydrogen-bond acceptors (Lipinski definition) is 2. The molecular weight excluding hydrogens is 260 g/mol. The van der Waals surface area contributed by atoms with Crippen LogP contribution in [0.25, 0.3) is 0 Å². The molecule has 1 unspecified atom stereocenters. The summed E-state index contributed by atoms with van der Waals surface area (Å²) in [5, 5.41) is 3.41. The fourth-order valence-corrected chi connectivity index (χ4v) is 3.56. The van der Waals surface area contributed by atoms with Crippen molar-refractivity contribution in [2.24, 2.45) is 5.41 Å². The molecular formula is C18H26N2O. The van der Waals surface area contributed by atoms with E-state index in [0.717, 1.165) is 38.9 Å². The van der Waals surface area contributed by atoms with Crippen LogP contribution in [-0.4, -0.2) is 29.9 Å². The van der Waals surface area contributed by atoms with E-state index in [4.69, 9.17) is 0 Å². The molecule has 1 aromatic carbocycles. The minimum Gasteiger partial charge on any atom is -0.335 e. The van der Waals surface area contributed by atoms with Gasteiger partial charge in [0, 0.05) is 19.1 Å². The Kier molecular flexibility index (Phi) is 4.29. The molecule has 1 aliphatic heterocycles. The highest BCUT2D eigenvalue weighted by Gasteiger charge is 2.46. The Balaban J connectivity index is 1.78. The van der Waals surface area contributed by atoms with Crippen LogP contribution in [0.3, 0.4) is 0 Å². The third-order valence-electron chi connectivity index (χ3n) is 4.87. The summed E-state index contributed by atoms with van der Waals surface area (Å²) in [5.74, 6) is 0.390. The highest BCUT2D eigenvalue weighted by molar-refractivity contribution is 5.84. The molecule has 1 saturated carbocycles. The second kappa shape index (κ2) is 6.18. The zero-order chi connectivity index (χ0) is 14.7. The third-order valence-corrected chi connectivity index (χ3v) is 4.87. The van der Waals surface area contributed by atoms with Gasteiger partial charge in [-0.2, -0.15) is 0 Å². The lowest BCUT2D eigenvalue weighted by Crippen LogP contribution is -2.46. The lowest BCUT2D eigenvalue weighted by atomic mass is 9.81. The molecule has 3 heteroatoms. The second-order valence-corrected chi connectivity index (χ2v) is 6.61. The van der Waals surface area contributed by atoms with Gasteiger partial charge in [0.15, 0.2) is 0 Å². The van der Waals surface area contributed by atoms with E-state index in [9.17, 15) is 4.79 Å². The van der Waals surface area contributed by atoms with Crippen LogP contribution in [0.4, 0.5) is 0 Å². The summed E-state index contributed by atoms with van der Waals surface area (Å²) in [6, 6.07) is 10.9. The van der Waals surface area contributed by atoms with Gasteiger partial charge in [-0.3, -0.25) is 4.79 Å². The Hall–Kier alpha value is -1.35. The van der Waals surface area contributed by atoms with Crippen molar-refractivity contribution in [3.05, 3.63) is 35.9 Å². The van der Waals surface area contributed by atoms with Crippen LogP contribution in [0.1, 0.15) is 44.6 Å². The van der Waals surface area contributed by atoms with E-state index in [1.165, 1.54) is 18.4 Å². The first kappa shape index (κ1) is 14.6. The van der Waals surface area contributed by atoms with Gasteiger partial charge in [-0.05, 0) is 37.8 Å². The minimum absolute atomic E-state index is 0.147. The van der Waals surface area contributed by atoms with Gasteiger partial charge in [0.25, 0.3) is 0 Å². The largest absolute Gasteiger partial charge is 0.335 e. The van der Waals surface area contributed by atoms with Crippen LogP contribution < -0.4 is 5.32 Å². The first-order chi connectivity index (χ1) is 10.2. The summed E-state index contributed by atoms with van der Waals surface area (Å²) in [6.45, 7) is 4.80. The van der Waals surface area contributed by atoms with Gasteiger partial charge in [0.05, 0.1) is 5.41 Å². The Morgan fingerprint density at radius 2 is 2.10 bits per heavy atom. The first-order valence-corrected chi connectivity index (χ1v) is 8.31. The molecule has 2 fully saturated rings. The standard InChI is InChI=1S/C18H26N2O/c1-2-10-18(11-12-19-14-18)17(21)20(16-8-9-16)13-15-6-4-3-5-7-15/h3-7,16,19H,2,8-14H2,1H3. The van der Waals surface area contributed by atoms with E-state index in [1.54, 1.807) is 0 Å². The van der Waals surface area contributed by atoms with Crippen LogP contribution >= 0.6 is 0 Å². The molecule has 0 radical (unpaired) electrons. The molecule has 0 spiro atoms. The summed E-state index contributed by atoms with van der Waals surface area (Å²) in [6.07, 6.45) is 5.44. The molecule has 21 heavy (non-hydrogen) atoms. The summed E-state index contributed by atoms with van der Waals surface area (Å²) in [7, 11) is 0. The molecule has 2 aliphatic rings. The number of nitrogens with one attached hydrogen (secondary N) is 1. The van der Waals surface area contributed by atoms with Crippen LogP contribution in [0.5, 0.6) is 0 Å². The third kappa shape index (κ3) is 3.13. The predicted molar refractivity (Wildman–Crippen MR) is 84.8 cm³/mol. The van der Waals surface area contributed by atoms with E-state index >= 15 is 0 Å². The van der Waals surface area contributed by atoms with Crippen molar-refractivity contribution in [3.8, 4) is 0 Å². The van der Waals surface area contributed by atoms with Gasteiger partial charge in [0.1, 0.15) is 0 Å². The average Bonchev–Trinajstić information content (AvgIpc) is 3.24. The summed E-state index contributed by atoms with van der Waals surface area (Å²) in [5.41, 5.74) is 1.10. The molecule has 1 saturated heterocycles. The maximum Gasteiger partial charge on any atom is 0.230 e. The number of benzene rings is 1. The molecule has 3 nitrogen and oxygen atoms in total. The monoisotopic (exact) mass is 286 g/mol. The van der Waals surface area contributed by atoms with Crippen LogP contribution in [0.15, 0.2) is 30.3 Å². The number of carbonyl (C=O) groups excluding carboxylic acids is 1. The van der Waals surface area contributed by atoms with E-state index in [-0.39, 0.29) is 5.41 Å². The zero-order valence-electron chi connectivity index (χ0n) is 13.0. The first-order valence-electron chi connectivity index (χ1n) is 8.31. The molecule has 1 heterocycles. The molecule has 1 amide bonds. The van der Waals surface area contributed by atoms with E-state index in [1.807, 2.05) is 6.07 Å². The van der Waals surface area contributed by atoms with Crippen molar-refractivity contribution >= 4 is 5.91 Å². The number of rotatable bonds is 6. The Morgan fingerprint density at radius 3 is 2.67 bits per heavy atom. The Labute approximate surface area is 127 Å². The SMILES string of the molecule is CCCC1(C(=O)N(Cc2ccccc2)C2CC2)CCNC1. The average molecular weight is 286 g/mol. The molecule has 1 aromatic rings. The van der Waals surface area contributed by atoms with E-state index < -0.39 is 0 Å². The van der Waals surface area contributed by atoms with Crippen molar-refractivity contribution in [2.75, 3.05) is 13.1 Å². The molecule has 114 valence electrons. The van der Waals surface area contributed by atoms with Crippen molar-refractivity contribution in [1.82, 2.24) is 10.2 Å². The highest BCUT2D eigenvalue weighted by Crippen LogP contribution is 2.38. The Morgan fingerprint density at radius 1 is 1.33 bits per heavy atom. The lowest BCUT2D eigenvalue weighted by molar-refractivity contribution is -0.143. The van der Waals surface area contributed by atoms with Crippen LogP contribution in [0.2, 0.25) is 0 Å². The quantitative estimate of drug-likeness (QED) is 0.872.